The van der Waals surface area contributed by atoms with Gasteiger partial charge in [0.1, 0.15) is 11.6 Å². The van der Waals surface area contributed by atoms with Crippen LogP contribution in [0.1, 0.15) is 30.7 Å². The summed E-state index contributed by atoms with van der Waals surface area (Å²) in [7, 11) is 0. The van der Waals surface area contributed by atoms with Crippen molar-refractivity contribution in [1.82, 2.24) is 4.90 Å². The largest absolute Gasteiger partial charge is 0.394 e. The van der Waals surface area contributed by atoms with Crippen LogP contribution in [-0.4, -0.2) is 35.1 Å². The number of amides is 1. The van der Waals surface area contributed by atoms with Crippen LogP contribution in [0.5, 0.6) is 0 Å². The summed E-state index contributed by atoms with van der Waals surface area (Å²) in [5.74, 6) is -1.56. The minimum absolute atomic E-state index is 0.00437. The van der Waals surface area contributed by atoms with Gasteiger partial charge in [-0.3, -0.25) is 4.79 Å². The third kappa shape index (κ3) is 2.30. The summed E-state index contributed by atoms with van der Waals surface area (Å²) in [6.45, 7) is 0.646. The van der Waals surface area contributed by atoms with Crippen LogP contribution in [0, 0.1) is 17.6 Å². The van der Waals surface area contributed by atoms with Crippen LogP contribution >= 0.6 is 0 Å². The van der Waals surface area contributed by atoms with Gasteiger partial charge in [-0.2, -0.15) is 0 Å². The molecule has 5 heteroatoms. The van der Waals surface area contributed by atoms with E-state index in [9.17, 15) is 18.7 Å². The van der Waals surface area contributed by atoms with E-state index in [0.717, 1.165) is 18.9 Å². The Morgan fingerprint density at radius 2 is 2.20 bits per heavy atom. The number of likely N-dealkylation sites (tertiary alicyclic amines) is 1. The predicted molar refractivity (Wildman–Crippen MR) is 69.0 cm³/mol. The van der Waals surface area contributed by atoms with Gasteiger partial charge in [0.15, 0.2) is 0 Å². The van der Waals surface area contributed by atoms with E-state index in [1.54, 1.807) is 4.90 Å². The van der Waals surface area contributed by atoms with Gasteiger partial charge >= 0.3 is 0 Å². The van der Waals surface area contributed by atoms with E-state index in [1.165, 1.54) is 12.1 Å². The van der Waals surface area contributed by atoms with Crippen molar-refractivity contribution in [3.63, 3.8) is 0 Å². The van der Waals surface area contributed by atoms with Crippen LogP contribution in [0.3, 0.4) is 0 Å². The average molecular weight is 281 g/mol. The van der Waals surface area contributed by atoms with Gasteiger partial charge in [0.25, 0.3) is 0 Å². The summed E-state index contributed by atoms with van der Waals surface area (Å²) in [6, 6.07) is 3.42. The molecular formula is C15H17F2NO2. The molecule has 20 heavy (non-hydrogen) atoms. The molecule has 3 rings (SSSR count). The summed E-state index contributed by atoms with van der Waals surface area (Å²) >= 11 is 0. The van der Waals surface area contributed by atoms with Gasteiger partial charge in [0, 0.05) is 18.5 Å². The lowest BCUT2D eigenvalue weighted by Crippen LogP contribution is -2.38. The number of aliphatic hydroxyl groups excluding tert-OH is 1. The second kappa shape index (κ2) is 5.13. The Kier molecular flexibility index (Phi) is 3.46. The van der Waals surface area contributed by atoms with Gasteiger partial charge in [-0.05, 0) is 36.8 Å². The number of rotatable bonds is 3. The first-order chi connectivity index (χ1) is 9.61. The van der Waals surface area contributed by atoms with Crippen LogP contribution in [0.25, 0.3) is 0 Å². The van der Waals surface area contributed by atoms with Crippen molar-refractivity contribution in [1.29, 1.82) is 0 Å². The highest BCUT2D eigenvalue weighted by Crippen LogP contribution is 2.49. The third-order valence-corrected chi connectivity index (χ3v) is 4.34. The highest BCUT2D eigenvalue weighted by atomic mass is 19.1. The molecule has 1 aromatic rings. The molecule has 2 fully saturated rings. The van der Waals surface area contributed by atoms with Crippen LogP contribution in [0.15, 0.2) is 18.2 Å². The highest BCUT2D eigenvalue weighted by molar-refractivity contribution is 5.83. The second-order valence-electron chi connectivity index (χ2n) is 5.62. The van der Waals surface area contributed by atoms with E-state index in [1.807, 2.05) is 0 Å². The fourth-order valence-corrected chi connectivity index (χ4v) is 3.14. The van der Waals surface area contributed by atoms with Crippen molar-refractivity contribution in [2.24, 2.45) is 5.92 Å². The first-order valence-electron chi connectivity index (χ1n) is 6.98. The molecule has 0 spiro atoms. The third-order valence-electron chi connectivity index (χ3n) is 4.34. The second-order valence-corrected chi connectivity index (χ2v) is 5.62. The number of nitrogens with zero attached hydrogens (tertiary/aromatic N) is 1. The lowest BCUT2D eigenvalue weighted by molar-refractivity contribution is -0.134. The van der Waals surface area contributed by atoms with Crippen molar-refractivity contribution in [2.75, 3.05) is 13.2 Å². The smallest absolute Gasteiger partial charge is 0.226 e. The molecule has 0 radical (unpaired) electrons. The minimum atomic E-state index is -0.602. The van der Waals surface area contributed by atoms with Gasteiger partial charge in [0.2, 0.25) is 5.91 Å². The molecule has 1 saturated carbocycles. The van der Waals surface area contributed by atoms with E-state index in [2.05, 4.69) is 0 Å². The van der Waals surface area contributed by atoms with Crippen LogP contribution in [-0.2, 0) is 4.79 Å². The minimum Gasteiger partial charge on any atom is -0.394 e. The molecule has 1 amide bonds. The SMILES string of the molecule is O=C([C@@H]1C[C@@H]1c1ccc(F)cc1F)N1CCC[C@H]1CO. The van der Waals surface area contributed by atoms with Crippen molar-refractivity contribution < 1.29 is 18.7 Å². The van der Waals surface area contributed by atoms with Gasteiger partial charge in [-0.1, -0.05) is 6.07 Å². The molecule has 108 valence electrons. The molecule has 1 aliphatic carbocycles. The van der Waals surface area contributed by atoms with Crippen molar-refractivity contribution in [3.8, 4) is 0 Å². The first kappa shape index (κ1) is 13.5. The maximum atomic E-state index is 13.7. The van der Waals surface area contributed by atoms with E-state index in [0.29, 0.717) is 18.5 Å². The Bertz CT molecular complexity index is 535. The average Bonchev–Trinajstić information content (AvgIpc) is 3.06. The molecule has 1 saturated heterocycles. The summed E-state index contributed by atoms with van der Waals surface area (Å²) < 4.78 is 26.6. The molecular weight excluding hydrogens is 264 g/mol. The molecule has 0 unspecified atom stereocenters. The Hall–Kier alpha value is -1.49. The Morgan fingerprint density at radius 3 is 2.90 bits per heavy atom. The normalized spacial score (nSPS) is 28.8. The number of halogens is 2. The maximum absolute atomic E-state index is 13.7. The van der Waals surface area contributed by atoms with Gasteiger partial charge in [0.05, 0.1) is 12.6 Å². The van der Waals surface area contributed by atoms with Crippen molar-refractivity contribution in [3.05, 3.63) is 35.4 Å². The van der Waals surface area contributed by atoms with E-state index >= 15 is 0 Å². The van der Waals surface area contributed by atoms with Gasteiger partial charge < -0.3 is 10.0 Å². The summed E-state index contributed by atoms with van der Waals surface area (Å²) in [5.41, 5.74) is 0.421. The standard InChI is InChI=1S/C15H17F2NO2/c16-9-3-4-11(14(17)6-9)12-7-13(12)15(20)18-5-1-2-10(18)8-19/h3-4,6,10,12-13,19H,1-2,5,7-8H2/t10-,12+,13+/m0/s1. The molecule has 1 aromatic carbocycles. The van der Waals surface area contributed by atoms with E-state index in [4.69, 9.17) is 0 Å². The summed E-state index contributed by atoms with van der Waals surface area (Å²) in [5, 5.41) is 9.25. The zero-order chi connectivity index (χ0) is 14.3. The van der Waals surface area contributed by atoms with E-state index < -0.39 is 11.6 Å². The Morgan fingerprint density at radius 1 is 1.40 bits per heavy atom. The first-order valence-corrected chi connectivity index (χ1v) is 6.98. The van der Waals surface area contributed by atoms with Gasteiger partial charge in [-0.15, -0.1) is 0 Å². The molecule has 3 atom stereocenters. The molecule has 0 aromatic heterocycles. The highest BCUT2D eigenvalue weighted by Gasteiger charge is 2.48. The maximum Gasteiger partial charge on any atom is 0.226 e. The summed E-state index contributed by atoms with van der Waals surface area (Å²) in [4.78, 5) is 14.1. The summed E-state index contributed by atoms with van der Waals surface area (Å²) in [6.07, 6.45) is 2.33. The van der Waals surface area contributed by atoms with Crippen molar-refractivity contribution >= 4 is 5.91 Å². The fraction of sp³-hybridized carbons (Fsp3) is 0.533. The monoisotopic (exact) mass is 281 g/mol. The lowest BCUT2D eigenvalue weighted by Gasteiger charge is -2.23. The zero-order valence-electron chi connectivity index (χ0n) is 11.1. The number of benzene rings is 1. The fourth-order valence-electron chi connectivity index (χ4n) is 3.14. The molecule has 2 aliphatic rings. The number of carbonyl (C=O) groups is 1. The zero-order valence-corrected chi connectivity index (χ0v) is 11.1. The van der Waals surface area contributed by atoms with Crippen LogP contribution in [0.4, 0.5) is 8.78 Å². The van der Waals surface area contributed by atoms with E-state index in [-0.39, 0.29) is 30.4 Å². The lowest BCUT2D eigenvalue weighted by atomic mass is 10.1. The Balaban J connectivity index is 1.71. The molecule has 1 heterocycles. The molecule has 1 aliphatic heterocycles. The number of aliphatic hydroxyl groups is 1. The quantitative estimate of drug-likeness (QED) is 0.921. The predicted octanol–water partition coefficient (Wildman–Crippen LogP) is 2.05. The molecule has 0 bridgehead atoms. The number of hydrogen-bond acceptors (Lipinski definition) is 2. The Labute approximate surface area is 116 Å². The van der Waals surface area contributed by atoms with Crippen molar-refractivity contribution in [2.45, 2.75) is 31.2 Å². The topological polar surface area (TPSA) is 40.5 Å². The van der Waals surface area contributed by atoms with Crippen LogP contribution in [0.2, 0.25) is 0 Å². The number of carbonyl (C=O) groups excluding carboxylic acids is 1. The van der Waals surface area contributed by atoms with Crippen LogP contribution < -0.4 is 0 Å². The molecule has 1 N–H and O–H groups in total. The number of hydrogen-bond donors (Lipinski definition) is 1. The van der Waals surface area contributed by atoms with Gasteiger partial charge in [-0.25, -0.2) is 8.78 Å². The molecule has 3 nitrogen and oxygen atoms in total.